The van der Waals surface area contributed by atoms with Crippen LogP contribution in [-0.4, -0.2) is 9.78 Å². The maximum atomic E-state index is 8.90. The number of rotatable bonds is 1. The van der Waals surface area contributed by atoms with Crippen molar-refractivity contribution < 1.29 is 0 Å². The lowest BCUT2D eigenvalue weighted by molar-refractivity contribution is 0.876. The highest BCUT2D eigenvalue weighted by molar-refractivity contribution is 9.10. The lowest BCUT2D eigenvalue weighted by Gasteiger charge is -2.03. The second-order valence-electron chi connectivity index (χ2n) is 2.72. The third-order valence-corrected chi connectivity index (χ3v) is 2.32. The molecule has 1 heterocycles. The number of nitriles is 1. The summed E-state index contributed by atoms with van der Waals surface area (Å²) in [4.78, 5) is 0. The van der Waals surface area contributed by atoms with Gasteiger partial charge < -0.3 is 0 Å². The van der Waals surface area contributed by atoms with Gasteiger partial charge in [-0.25, -0.2) is 4.68 Å². The molecule has 4 heteroatoms. The normalized spacial score (nSPS) is 9.71. The van der Waals surface area contributed by atoms with Gasteiger partial charge in [0.2, 0.25) is 0 Å². The van der Waals surface area contributed by atoms with Gasteiger partial charge in [0, 0.05) is 16.9 Å². The van der Waals surface area contributed by atoms with E-state index in [0.717, 1.165) is 10.2 Å². The Balaban J connectivity index is 2.63. The van der Waals surface area contributed by atoms with Crippen molar-refractivity contribution in [1.82, 2.24) is 9.78 Å². The molecular formula is C10H6BrN3. The molecule has 0 saturated heterocycles. The first-order chi connectivity index (χ1) is 6.81. The summed E-state index contributed by atoms with van der Waals surface area (Å²) >= 11 is 3.36. The van der Waals surface area contributed by atoms with Crippen molar-refractivity contribution in [3.05, 3.63) is 46.7 Å². The first-order valence-corrected chi connectivity index (χ1v) is 4.80. The zero-order valence-electron chi connectivity index (χ0n) is 7.18. The van der Waals surface area contributed by atoms with Crippen LogP contribution in [0.2, 0.25) is 0 Å². The molecule has 1 aromatic heterocycles. The number of hydrogen-bond donors (Lipinski definition) is 0. The van der Waals surface area contributed by atoms with Crippen molar-refractivity contribution in [3.63, 3.8) is 0 Å². The van der Waals surface area contributed by atoms with Gasteiger partial charge in [0.05, 0.1) is 11.3 Å². The van der Waals surface area contributed by atoms with Crippen LogP contribution in [0.5, 0.6) is 0 Å². The van der Waals surface area contributed by atoms with E-state index in [4.69, 9.17) is 5.26 Å². The fourth-order valence-electron chi connectivity index (χ4n) is 1.20. The molecule has 0 unspecified atom stereocenters. The molecular weight excluding hydrogens is 242 g/mol. The van der Waals surface area contributed by atoms with E-state index in [1.807, 2.05) is 24.4 Å². The molecule has 0 bridgehead atoms. The van der Waals surface area contributed by atoms with Gasteiger partial charge >= 0.3 is 0 Å². The van der Waals surface area contributed by atoms with Crippen LogP contribution in [0.15, 0.2) is 41.1 Å². The van der Waals surface area contributed by atoms with Crippen molar-refractivity contribution in [2.24, 2.45) is 0 Å². The topological polar surface area (TPSA) is 41.6 Å². The van der Waals surface area contributed by atoms with Gasteiger partial charge in [0.1, 0.15) is 6.07 Å². The van der Waals surface area contributed by atoms with E-state index >= 15 is 0 Å². The van der Waals surface area contributed by atoms with E-state index < -0.39 is 0 Å². The van der Waals surface area contributed by atoms with E-state index in [1.165, 1.54) is 0 Å². The van der Waals surface area contributed by atoms with Crippen LogP contribution in [0.1, 0.15) is 5.56 Å². The second kappa shape index (κ2) is 3.64. The number of halogens is 1. The van der Waals surface area contributed by atoms with Crippen LogP contribution in [-0.2, 0) is 0 Å². The Kier molecular flexibility index (Phi) is 2.33. The summed E-state index contributed by atoms with van der Waals surface area (Å²) in [5.41, 5.74) is 1.39. The molecule has 68 valence electrons. The van der Waals surface area contributed by atoms with Gasteiger partial charge in [-0.3, -0.25) is 0 Å². The Morgan fingerprint density at radius 2 is 2.29 bits per heavy atom. The summed E-state index contributed by atoms with van der Waals surface area (Å²) in [6.07, 6.45) is 3.49. The Bertz CT molecular complexity index is 483. The highest BCUT2D eigenvalue weighted by Gasteiger charge is 2.04. The Hall–Kier alpha value is -1.60. The van der Waals surface area contributed by atoms with Crippen molar-refractivity contribution in [2.45, 2.75) is 0 Å². The number of benzene rings is 1. The maximum absolute atomic E-state index is 8.90. The smallest absolute Gasteiger partial charge is 0.101 e. The maximum Gasteiger partial charge on any atom is 0.101 e. The zero-order valence-corrected chi connectivity index (χ0v) is 8.77. The lowest BCUT2D eigenvalue weighted by atomic mass is 10.2. The Labute approximate surface area is 89.7 Å². The van der Waals surface area contributed by atoms with Crippen LogP contribution >= 0.6 is 15.9 Å². The van der Waals surface area contributed by atoms with Gasteiger partial charge in [-0.1, -0.05) is 15.9 Å². The van der Waals surface area contributed by atoms with Crippen LogP contribution in [0.3, 0.4) is 0 Å². The summed E-state index contributed by atoms with van der Waals surface area (Å²) in [7, 11) is 0. The largest absolute Gasteiger partial charge is 0.240 e. The van der Waals surface area contributed by atoms with E-state index in [-0.39, 0.29) is 0 Å². The summed E-state index contributed by atoms with van der Waals surface area (Å²) in [5.74, 6) is 0. The summed E-state index contributed by atoms with van der Waals surface area (Å²) in [6.45, 7) is 0. The van der Waals surface area contributed by atoms with Gasteiger partial charge in [-0.15, -0.1) is 0 Å². The predicted molar refractivity (Wildman–Crippen MR) is 56.0 cm³/mol. The first kappa shape index (κ1) is 8.97. The molecule has 3 nitrogen and oxygen atoms in total. The number of aromatic nitrogens is 2. The highest BCUT2D eigenvalue weighted by Crippen LogP contribution is 2.18. The van der Waals surface area contributed by atoms with Crippen molar-refractivity contribution in [1.29, 1.82) is 5.26 Å². The quantitative estimate of drug-likeness (QED) is 0.777. The van der Waals surface area contributed by atoms with Gasteiger partial charge in [-0.2, -0.15) is 10.4 Å². The van der Waals surface area contributed by atoms with E-state index in [2.05, 4.69) is 27.1 Å². The molecule has 0 N–H and O–H groups in total. The first-order valence-electron chi connectivity index (χ1n) is 4.01. The van der Waals surface area contributed by atoms with Crippen molar-refractivity contribution >= 4 is 15.9 Å². The molecule has 0 aliphatic rings. The minimum atomic E-state index is 0.608. The molecule has 0 aliphatic heterocycles. The third-order valence-electron chi connectivity index (χ3n) is 1.83. The number of hydrogen-bond acceptors (Lipinski definition) is 2. The summed E-state index contributed by atoms with van der Waals surface area (Å²) in [5, 5.41) is 13.0. The molecule has 1 aromatic carbocycles. The molecule has 0 saturated carbocycles. The molecule has 2 rings (SSSR count). The fourth-order valence-corrected chi connectivity index (χ4v) is 1.55. The Morgan fingerprint density at radius 1 is 1.43 bits per heavy atom. The summed E-state index contributed by atoms with van der Waals surface area (Å²) in [6, 6.07) is 9.42. The SMILES string of the molecule is N#Cc1ccc(Br)cc1-n1cccn1. The Morgan fingerprint density at radius 3 is 2.93 bits per heavy atom. The number of nitrogens with zero attached hydrogens (tertiary/aromatic N) is 3. The molecule has 0 aliphatic carbocycles. The minimum Gasteiger partial charge on any atom is -0.240 e. The molecule has 2 aromatic rings. The fraction of sp³-hybridized carbons (Fsp3) is 0. The molecule has 0 fully saturated rings. The van der Waals surface area contributed by atoms with Crippen molar-refractivity contribution in [3.8, 4) is 11.8 Å². The highest BCUT2D eigenvalue weighted by atomic mass is 79.9. The van der Waals surface area contributed by atoms with Crippen LogP contribution in [0, 0.1) is 11.3 Å². The molecule has 0 spiro atoms. The predicted octanol–water partition coefficient (Wildman–Crippen LogP) is 2.51. The van der Waals surface area contributed by atoms with Gasteiger partial charge in [0.15, 0.2) is 0 Å². The standard InChI is InChI=1S/C10H6BrN3/c11-9-3-2-8(7-12)10(6-9)14-5-1-4-13-14/h1-6H. The minimum absolute atomic E-state index is 0.608. The molecule has 0 radical (unpaired) electrons. The van der Waals surface area contributed by atoms with Gasteiger partial charge in [-0.05, 0) is 24.3 Å². The van der Waals surface area contributed by atoms with E-state index in [9.17, 15) is 0 Å². The van der Waals surface area contributed by atoms with Gasteiger partial charge in [0.25, 0.3) is 0 Å². The molecule has 0 atom stereocenters. The van der Waals surface area contributed by atoms with E-state index in [0.29, 0.717) is 5.56 Å². The second-order valence-corrected chi connectivity index (χ2v) is 3.64. The average molecular weight is 248 g/mol. The summed E-state index contributed by atoms with van der Waals surface area (Å²) < 4.78 is 2.60. The monoisotopic (exact) mass is 247 g/mol. The van der Waals surface area contributed by atoms with Crippen LogP contribution < -0.4 is 0 Å². The lowest BCUT2D eigenvalue weighted by Crippen LogP contribution is -1.97. The van der Waals surface area contributed by atoms with Crippen molar-refractivity contribution in [2.75, 3.05) is 0 Å². The third kappa shape index (κ3) is 1.54. The average Bonchev–Trinajstić information content (AvgIpc) is 2.70. The van der Waals surface area contributed by atoms with Crippen LogP contribution in [0.4, 0.5) is 0 Å². The molecule has 14 heavy (non-hydrogen) atoms. The zero-order chi connectivity index (χ0) is 9.97. The van der Waals surface area contributed by atoms with E-state index in [1.54, 1.807) is 16.9 Å². The molecule has 0 amide bonds. The van der Waals surface area contributed by atoms with Crippen LogP contribution in [0.25, 0.3) is 5.69 Å².